The highest BCUT2D eigenvalue weighted by molar-refractivity contribution is 5.96. The van der Waals surface area contributed by atoms with Gasteiger partial charge in [0.15, 0.2) is 23.0 Å². The predicted molar refractivity (Wildman–Crippen MR) is 69.5 cm³/mol. The van der Waals surface area contributed by atoms with Crippen LogP contribution in [0.15, 0.2) is 34.7 Å². The number of primary amides is 1. The highest BCUT2D eigenvalue weighted by Crippen LogP contribution is 2.30. The maximum absolute atomic E-state index is 13.3. The van der Waals surface area contributed by atoms with Crippen LogP contribution in [-0.2, 0) is 0 Å². The Morgan fingerprint density at radius 1 is 1.24 bits per heavy atom. The molecule has 1 heterocycles. The molecule has 0 saturated heterocycles. The van der Waals surface area contributed by atoms with E-state index in [2.05, 4.69) is 4.98 Å². The number of nitrogens with two attached hydrogens (primary N) is 1. The van der Waals surface area contributed by atoms with Gasteiger partial charge in [-0.15, -0.1) is 0 Å². The van der Waals surface area contributed by atoms with Gasteiger partial charge in [0.05, 0.1) is 0 Å². The first-order valence-electron chi connectivity index (χ1n) is 5.84. The summed E-state index contributed by atoms with van der Waals surface area (Å²) < 4.78 is 31.7. The summed E-state index contributed by atoms with van der Waals surface area (Å²) in [7, 11) is 0. The molecule has 0 unspecified atom stereocenters. The number of halogens is 2. The Morgan fingerprint density at radius 3 is 2.67 bits per heavy atom. The number of carbonyl (C=O) groups is 1. The molecule has 0 spiro atoms. The Hall–Kier alpha value is -2.96. The summed E-state index contributed by atoms with van der Waals surface area (Å²) in [6.45, 7) is 0. The second kappa shape index (κ2) is 4.55. The van der Waals surface area contributed by atoms with Crippen molar-refractivity contribution in [3.05, 3.63) is 47.5 Å². The largest absolute Gasteiger partial charge is 0.505 e. The van der Waals surface area contributed by atoms with Crippen molar-refractivity contribution in [2.75, 3.05) is 0 Å². The number of oxazole rings is 1. The van der Waals surface area contributed by atoms with Crippen LogP contribution in [0.5, 0.6) is 5.75 Å². The fourth-order valence-electron chi connectivity index (χ4n) is 1.90. The first-order chi connectivity index (χ1) is 9.95. The number of hydrogen-bond acceptors (Lipinski definition) is 4. The molecule has 0 saturated carbocycles. The molecule has 0 atom stereocenters. The fraction of sp³-hybridized carbons (Fsp3) is 0. The van der Waals surface area contributed by atoms with Crippen molar-refractivity contribution in [2.24, 2.45) is 5.73 Å². The number of amides is 1. The normalized spacial score (nSPS) is 11.0. The molecule has 21 heavy (non-hydrogen) atoms. The highest BCUT2D eigenvalue weighted by Gasteiger charge is 2.15. The van der Waals surface area contributed by atoms with Crippen molar-refractivity contribution in [3.8, 4) is 17.2 Å². The molecule has 0 fully saturated rings. The number of rotatable bonds is 2. The lowest BCUT2D eigenvalue weighted by Crippen LogP contribution is -2.10. The summed E-state index contributed by atoms with van der Waals surface area (Å²) in [5, 5.41) is 9.29. The zero-order valence-corrected chi connectivity index (χ0v) is 10.4. The van der Waals surface area contributed by atoms with Gasteiger partial charge in [0.2, 0.25) is 11.8 Å². The van der Waals surface area contributed by atoms with Crippen LogP contribution in [0, 0.1) is 11.6 Å². The second-order valence-electron chi connectivity index (χ2n) is 4.36. The van der Waals surface area contributed by atoms with Crippen molar-refractivity contribution in [2.45, 2.75) is 0 Å². The van der Waals surface area contributed by atoms with Crippen LogP contribution in [0.4, 0.5) is 8.78 Å². The standard InChI is InChI=1S/C14H8F2N2O3/c15-8-3-7(5-10(19)12(8)16)14-18-9-4-6(13(17)20)1-2-11(9)21-14/h1-5,19H,(H2,17,20). The Bertz CT molecular complexity index is 851. The molecule has 0 aliphatic heterocycles. The monoisotopic (exact) mass is 290 g/mol. The molecular weight excluding hydrogens is 282 g/mol. The molecule has 0 bridgehead atoms. The van der Waals surface area contributed by atoms with E-state index in [-0.39, 0.29) is 17.0 Å². The van der Waals surface area contributed by atoms with Crippen molar-refractivity contribution in [1.29, 1.82) is 0 Å². The summed E-state index contributed by atoms with van der Waals surface area (Å²) >= 11 is 0. The van der Waals surface area contributed by atoms with Crippen molar-refractivity contribution in [3.63, 3.8) is 0 Å². The maximum atomic E-state index is 13.3. The van der Waals surface area contributed by atoms with Gasteiger partial charge in [-0.2, -0.15) is 4.39 Å². The molecule has 0 radical (unpaired) electrons. The van der Waals surface area contributed by atoms with E-state index in [1.165, 1.54) is 18.2 Å². The molecule has 7 heteroatoms. The summed E-state index contributed by atoms with van der Waals surface area (Å²) in [5.41, 5.74) is 6.16. The van der Waals surface area contributed by atoms with E-state index in [4.69, 9.17) is 10.2 Å². The highest BCUT2D eigenvalue weighted by atomic mass is 19.2. The minimum atomic E-state index is -1.34. The predicted octanol–water partition coefficient (Wildman–Crippen LogP) is 2.58. The van der Waals surface area contributed by atoms with Crippen LogP contribution in [0.25, 0.3) is 22.6 Å². The molecule has 5 nitrogen and oxygen atoms in total. The third kappa shape index (κ3) is 2.18. The van der Waals surface area contributed by atoms with Gasteiger partial charge in [-0.1, -0.05) is 0 Å². The van der Waals surface area contributed by atoms with Gasteiger partial charge in [0.1, 0.15) is 5.52 Å². The first kappa shape index (κ1) is 13.0. The van der Waals surface area contributed by atoms with Gasteiger partial charge >= 0.3 is 0 Å². The summed E-state index contributed by atoms with van der Waals surface area (Å²) in [4.78, 5) is 15.2. The minimum Gasteiger partial charge on any atom is -0.505 e. The second-order valence-corrected chi connectivity index (χ2v) is 4.36. The topological polar surface area (TPSA) is 89.4 Å². The van der Waals surface area contributed by atoms with Crippen molar-refractivity contribution >= 4 is 17.0 Å². The Labute approximate surface area is 116 Å². The fourth-order valence-corrected chi connectivity index (χ4v) is 1.90. The molecule has 1 amide bonds. The van der Waals surface area contributed by atoms with Gasteiger partial charge in [-0.05, 0) is 30.3 Å². The van der Waals surface area contributed by atoms with Crippen molar-refractivity contribution < 1.29 is 23.1 Å². The van der Waals surface area contributed by atoms with Crippen LogP contribution in [-0.4, -0.2) is 16.0 Å². The number of nitrogens with zero attached hydrogens (tertiary/aromatic N) is 1. The Morgan fingerprint density at radius 2 is 2.00 bits per heavy atom. The maximum Gasteiger partial charge on any atom is 0.248 e. The van der Waals surface area contributed by atoms with Crippen LogP contribution < -0.4 is 5.73 Å². The summed E-state index contributed by atoms with van der Waals surface area (Å²) in [5.74, 6) is -4.03. The quantitative estimate of drug-likeness (QED) is 0.759. The molecule has 1 aromatic heterocycles. The lowest BCUT2D eigenvalue weighted by atomic mass is 10.2. The number of aromatic nitrogens is 1. The van der Waals surface area contributed by atoms with E-state index in [0.717, 1.165) is 12.1 Å². The lowest BCUT2D eigenvalue weighted by Gasteiger charge is -1.99. The zero-order chi connectivity index (χ0) is 15.1. The van der Waals surface area contributed by atoms with Crippen LogP contribution >= 0.6 is 0 Å². The average Bonchev–Trinajstić information content (AvgIpc) is 2.86. The molecule has 2 aromatic carbocycles. The van der Waals surface area contributed by atoms with Gasteiger partial charge in [0.25, 0.3) is 0 Å². The third-order valence-electron chi connectivity index (χ3n) is 2.93. The smallest absolute Gasteiger partial charge is 0.248 e. The van der Waals surface area contributed by atoms with Gasteiger partial charge in [-0.25, -0.2) is 9.37 Å². The summed E-state index contributed by atoms with van der Waals surface area (Å²) in [6, 6.07) is 6.23. The Kier molecular flexibility index (Phi) is 2.83. The zero-order valence-electron chi connectivity index (χ0n) is 10.4. The Balaban J connectivity index is 2.15. The number of carbonyl (C=O) groups excluding carboxylic acids is 1. The molecule has 3 aromatic rings. The number of hydrogen-bond donors (Lipinski definition) is 2. The third-order valence-corrected chi connectivity index (χ3v) is 2.93. The van der Waals surface area contributed by atoms with E-state index in [1.54, 1.807) is 0 Å². The van der Waals surface area contributed by atoms with E-state index in [0.29, 0.717) is 11.1 Å². The average molecular weight is 290 g/mol. The number of fused-ring (bicyclic) bond motifs is 1. The van der Waals surface area contributed by atoms with Crippen LogP contribution in [0.2, 0.25) is 0 Å². The van der Waals surface area contributed by atoms with E-state index < -0.39 is 23.3 Å². The number of phenols is 1. The van der Waals surface area contributed by atoms with Gasteiger partial charge in [0, 0.05) is 11.1 Å². The molecular formula is C14H8F2N2O3. The van der Waals surface area contributed by atoms with E-state index >= 15 is 0 Å². The molecule has 0 aliphatic rings. The number of phenolic OH excluding ortho intramolecular Hbond substituents is 1. The van der Waals surface area contributed by atoms with Gasteiger partial charge < -0.3 is 15.3 Å². The minimum absolute atomic E-state index is 0.0131. The SMILES string of the molecule is NC(=O)c1ccc2oc(-c3cc(O)c(F)c(F)c3)nc2c1. The lowest BCUT2D eigenvalue weighted by molar-refractivity contribution is 0.100. The van der Waals surface area contributed by atoms with Crippen LogP contribution in [0.1, 0.15) is 10.4 Å². The first-order valence-corrected chi connectivity index (χ1v) is 5.84. The number of benzene rings is 2. The molecule has 3 N–H and O–H groups in total. The summed E-state index contributed by atoms with van der Waals surface area (Å²) in [6.07, 6.45) is 0. The van der Waals surface area contributed by atoms with E-state index in [9.17, 15) is 18.7 Å². The molecule has 3 rings (SSSR count). The van der Waals surface area contributed by atoms with Crippen LogP contribution in [0.3, 0.4) is 0 Å². The number of aromatic hydroxyl groups is 1. The van der Waals surface area contributed by atoms with Gasteiger partial charge in [-0.3, -0.25) is 4.79 Å². The van der Waals surface area contributed by atoms with E-state index in [1.807, 2.05) is 0 Å². The molecule has 0 aliphatic carbocycles. The van der Waals surface area contributed by atoms with Crippen molar-refractivity contribution in [1.82, 2.24) is 4.98 Å². The molecule has 106 valence electrons.